The number of unbranched alkanes of at least 4 members (excludes halogenated alkanes) is 5. The van der Waals surface area contributed by atoms with Gasteiger partial charge in [0.15, 0.2) is 0 Å². The van der Waals surface area contributed by atoms with Crippen molar-refractivity contribution < 1.29 is 0 Å². The van der Waals surface area contributed by atoms with Gasteiger partial charge in [-0.15, -0.1) is 0 Å². The van der Waals surface area contributed by atoms with E-state index in [0.29, 0.717) is 0 Å². The Morgan fingerprint density at radius 3 is 2.09 bits per heavy atom. The Morgan fingerprint density at radius 1 is 0.727 bits per heavy atom. The van der Waals surface area contributed by atoms with Crippen molar-refractivity contribution in [1.29, 1.82) is 0 Å². The van der Waals surface area contributed by atoms with Crippen LogP contribution in [0.2, 0.25) is 0 Å². The van der Waals surface area contributed by atoms with Crippen molar-refractivity contribution in [2.45, 2.75) is 90.9 Å². The number of rotatable bonds is 12. The van der Waals surface area contributed by atoms with E-state index >= 15 is 0 Å². The summed E-state index contributed by atoms with van der Waals surface area (Å²) in [4.78, 5) is 0. The molecule has 0 bridgehead atoms. The van der Waals surface area contributed by atoms with Crippen molar-refractivity contribution in [3.8, 4) is 0 Å². The van der Waals surface area contributed by atoms with Crippen molar-refractivity contribution in [2.75, 3.05) is 0 Å². The van der Waals surface area contributed by atoms with Crippen LogP contribution in [-0.4, -0.2) is 0 Å². The molecule has 0 unspecified atom stereocenters. The monoisotopic (exact) mass is 302 g/mol. The summed E-state index contributed by atoms with van der Waals surface area (Å²) in [5.41, 5.74) is 0. The second-order valence-corrected chi connectivity index (χ2v) is 6.82. The summed E-state index contributed by atoms with van der Waals surface area (Å²) in [5.74, 6) is 1.76. The fraction of sp³-hybridized carbons (Fsp3) is 0.727. The zero-order chi connectivity index (χ0) is 15.9. The van der Waals surface area contributed by atoms with E-state index in [4.69, 9.17) is 0 Å². The van der Waals surface area contributed by atoms with Crippen molar-refractivity contribution in [1.82, 2.24) is 0 Å². The van der Waals surface area contributed by atoms with E-state index in [9.17, 15) is 0 Å². The molecule has 0 heteroatoms. The summed E-state index contributed by atoms with van der Waals surface area (Å²) >= 11 is 0. The largest absolute Gasteiger partial charge is 0.0885 e. The van der Waals surface area contributed by atoms with Crippen LogP contribution in [0.15, 0.2) is 36.5 Å². The van der Waals surface area contributed by atoms with Gasteiger partial charge in [0, 0.05) is 0 Å². The molecule has 1 rings (SSSR count). The molecule has 1 aliphatic carbocycles. The average Bonchev–Trinajstić information content (AvgIpc) is 2.97. The van der Waals surface area contributed by atoms with Crippen molar-refractivity contribution in [3.05, 3.63) is 36.5 Å². The maximum absolute atomic E-state index is 2.53. The van der Waals surface area contributed by atoms with E-state index in [0.717, 1.165) is 11.8 Å². The average molecular weight is 303 g/mol. The van der Waals surface area contributed by atoms with Crippen LogP contribution in [0.25, 0.3) is 0 Å². The third-order valence-electron chi connectivity index (χ3n) is 4.82. The number of hydrogen-bond donors (Lipinski definition) is 0. The van der Waals surface area contributed by atoms with E-state index in [1.165, 1.54) is 77.0 Å². The summed E-state index contributed by atoms with van der Waals surface area (Å²) in [5, 5.41) is 0. The zero-order valence-electron chi connectivity index (χ0n) is 15.1. The van der Waals surface area contributed by atoms with E-state index in [-0.39, 0.29) is 0 Å². The second-order valence-electron chi connectivity index (χ2n) is 6.82. The normalized spacial score (nSPS) is 22.6. The van der Waals surface area contributed by atoms with Gasteiger partial charge in [-0.05, 0) is 56.8 Å². The first-order chi connectivity index (χ1) is 10.9. The van der Waals surface area contributed by atoms with E-state index < -0.39 is 0 Å². The number of hydrogen-bond acceptors (Lipinski definition) is 0. The second kappa shape index (κ2) is 13.9. The molecule has 0 heterocycles. The minimum atomic E-state index is 0.847. The van der Waals surface area contributed by atoms with Gasteiger partial charge in [0.25, 0.3) is 0 Å². The predicted octanol–water partition coefficient (Wildman–Crippen LogP) is 7.62. The summed E-state index contributed by atoms with van der Waals surface area (Å²) in [6, 6.07) is 0. The molecule has 1 fully saturated rings. The fourth-order valence-electron chi connectivity index (χ4n) is 3.34. The molecule has 0 aliphatic heterocycles. The van der Waals surface area contributed by atoms with Crippen molar-refractivity contribution >= 4 is 0 Å². The van der Waals surface area contributed by atoms with Gasteiger partial charge >= 0.3 is 0 Å². The lowest BCUT2D eigenvalue weighted by Gasteiger charge is -2.13. The highest BCUT2D eigenvalue weighted by atomic mass is 14.3. The highest BCUT2D eigenvalue weighted by Gasteiger charge is 2.23. The van der Waals surface area contributed by atoms with Gasteiger partial charge in [-0.2, -0.15) is 0 Å². The molecule has 2 atom stereocenters. The lowest BCUT2D eigenvalue weighted by Crippen LogP contribution is -2.03. The van der Waals surface area contributed by atoms with Crippen molar-refractivity contribution in [2.24, 2.45) is 11.8 Å². The van der Waals surface area contributed by atoms with Crippen LogP contribution in [0.3, 0.4) is 0 Å². The Hall–Kier alpha value is -0.780. The van der Waals surface area contributed by atoms with Crippen LogP contribution >= 0.6 is 0 Å². The summed E-state index contributed by atoms with van der Waals surface area (Å²) in [6.07, 6.45) is 30.4. The molecule has 126 valence electrons. The Labute approximate surface area is 139 Å². The quantitative estimate of drug-likeness (QED) is 0.257. The van der Waals surface area contributed by atoms with Gasteiger partial charge in [0.2, 0.25) is 0 Å². The van der Waals surface area contributed by atoms with Crippen LogP contribution in [0.4, 0.5) is 0 Å². The highest BCUT2D eigenvalue weighted by molar-refractivity contribution is 4.98. The van der Waals surface area contributed by atoms with Crippen LogP contribution in [-0.2, 0) is 0 Å². The predicted molar refractivity (Wildman–Crippen MR) is 101 cm³/mol. The van der Waals surface area contributed by atoms with E-state index in [2.05, 4.69) is 50.3 Å². The van der Waals surface area contributed by atoms with Crippen LogP contribution in [0.1, 0.15) is 90.9 Å². The van der Waals surface area contributed by atoms with Crippen LogP contribution in [0.5, 0.6) is 0 Å². The Kier molecular flexibility index (Phi) is 12.1. The molecular formula is C22H38. The SMILES string of the molecule is CCCCC=CCCC=C[C@H]1CCC[C@@H]1CC=CCCCC. The van der Waals surface area contributed by atoms with Crippen LogP contribution < -0.4 is 0 Å². The van der Waals surface area contributed by atoms with Gasteiger partial charge in [-0.1, -0.05) is 82.4 Å². The summed E-state index contributed by atoms with van der Waals surface area (Å²) in [6.45, 7) is 4.53. The maximum atomic E-state index is 2.53. The van der Waals surface area contributed by atoms with E-state index in [1.54, 1.807) is 0 Å². The molecule has 1 saturated carbocycles. The molecule has 0 aromatic heterocycles. The molecule has 1 aliphatic rings. The van der Waals surface area contributed by atoms with Gasteiger partial charge in [-0.25, -0.2) is 0 Å². The van der Waals surface area contributed by atoms with Crippen LogP contribution in [0, 0.1) is 11.8 Å². The first kappa shape index (κ1) is 19.3. The van der Waals surface area contributed by atoms with Crippen molar-refractivity contribution in [3.63, 3.8) is 0 Å². The molecule has 22 heavy (non-hydrogen) atoms. The Balaban J connectivity index is 2.15. The molecule has 0 N–H and O–H groups in total. The molecule has 0 aromatic carbocycles. The maximum Gasteiger partial charge on any atom is -0.0202 e. The third kappa shape index (κ3) is 9.28. The van der Waals surface area contributed by atoms with Gasteiger partial charge < -0.3 is 0 Å². The highest BCUT2D eigenvalue weighted by Crippen LogP contribution is 2.35. The van der Waals surface area contributed by atoms with Gasteiger partial charge in [0.05, 0.1) is 0 Å². The first-order valence-corrected chi connectivity index (χ1v) is 9.85. The molecular weight excluding hydrogens is 264 g/mol. The number of allylic oxidation sites excluding steroid dienone is 6. The van der Waals surface area contributed by atoms with E-state index in [1.807, 2.05) is 0 Å². The molecule has 0 aromatic rings. The lowest BCUT2D eigenvalue weighted by atomic mass is 9.92. The Morgan fingerprint density at radius 2 is 1.36 bits per heavy atom. The first-order valence-electron chi connectivity index (χ1n) is 9.85. The standard InChI is InChI=1S/C22H38/c1-3-5-7-9-10-11-13-15-18-22-20-16-19-21(22)17-14-12-8-6-4-2/h9-10,12,14-15,18,21-22H,3-8,11,13,16-17,19-20H2,1-2H3/t21-,22-/m0/s1. The lowest BCUT2D eigenvalue weighted by molar-refractivity contribution is 0.463. The molecule has 0 saturated heterocycles. The van der Waals surface area contributed by atoms with Gasteiger partial charge in [-0.3, -0.25) is 0 Å². The zero-order valence-corrected chi connectivity index (χ0v) is 15.1. The molecule has 0 nitrogen and oxygen atoms in total. The summed E-state index contributed by atoms with van der Waals surface area (Å²) in [7, 11) is 0. The van der Waals surface area contributed by atoms with Gasteiger partial charge in [0.1, 0.15) is 0 Å². The fourth-order valence-corrected chi connectivity index (χ4v) is 3.34. The molecule has 0 spiro atoms. The molecule has 0 radical (unpaired) electrons. The minimum Gasteiger partial charge on any atom is -0.0885 e. The smallest absolute Gasteiger partial charge is 0.0202 e. The summed E-state index contributed by atoms with van der Waals surface area (Å²) < 4.78 is 0. The molecule has 0 amide bonds. The topological polar surface area (TPSA) is 0 Å². The third-order valence-corrected chi connectivity index (χ3v) is 4.82. The minimum absolute atomic E-state index is 0.847. The Bertz CT molecular complexity index is 321.